The third-order valence-electron chi connectivity index (χ3n) is 3.60. The van der Waals surface area contributed by atoms with E-state index < -0.39 is 0 Å². The van der Waals surface area contributed by atoms with Gasteiger partial charge in [0.2, 0.25) is 0 Å². The Balaban J connectivity index is 1.89. The summed E-state index contributed by atoms with van der Waals surface area (Å²) >= 11 is 0. The number of hydrogen-bond donors (Lipinski definition) is 1. The monoisotopic (exact) mass is 323 g/mol. The first-order valence-corrected chi connectivity index (χ1v) is 7.39. The number of rotatable bonds is 5. The maximum atomic E-state index is 12.7. The van der Waals surface area contributed by atoms with Crippen LogP contribution in [0, 0.1) is 0 Å². The molecule has 0 unspecified atom stereocenters. The van der Waals surface area contributed by atoms with E-state index >= 15 is 0 Å². The van der Waals surface area contributed by atoms with Crippen molar-refractivity contribution in [2.75, 3.05) is 19.5 Å². The van der Waals surface area contributed by atoms with E-state index in [0.717, 1.165) is 5.56 Å². The van der Waals surface area contributed by atoms with Crippen LogP contribution in [-0.4, -0.2) is 20.1 Å². The van der Waals surface area contributed by atoms with Crippen molar-refractivity contribution in [1.29, 1.82) is 0 Å². The molecule has 1 amide bonds. The van der Waals surface area contributed by atoms with Crippen LogP contribution in [0.1, 0.15) is 10.4 Å². The van der Waals surface area contributed by atoms with Gasteiger partial charge in [-0.05, 0) is 30.3 Å². The molecule has 0 bridgehead atoms. The summed E-state index contributed by atoms with van der Waals surface area (Å²) in [7, 11) is 3.12. The molecule has 0 atom stereocenters. The van der Waals surface area contributed by atoms with E-state index in [1.54, 1.807) is 50.8 Å². The molecule has 0 aliphatic rings. The van der Waals surface area contributed by atoms with Gasteiger partial charge < -0.3 is 19.2 Å². The Bertz CT molecular complexity index is 840. The first-order chi connectivity index (χ1) is 11.7. The average Bonchev–Trinajstić information content (AvgIpc) is 3.16. The van der Waals surface area contributed by atoms with Crippen LogP contribution in [-0.2, 0) is 0 Å². The average molecular weight is 323 g/mol. The highest BCUT2D eigenvalue weighted by Crippen LogP contribution is 2.30. The van der Waals surface area contributed by atoms with Gasteiger partial charge in [-0.2, -0.15) is 0 Å². The molecule has 24 heavy (non-hydrogen) atoms. The number of ether oxygens (including phenoxy) is 2. The highest BCUT2D eigenvalue weighted by Gasteiger charge is 2.15. The van der Waals surface area contributed by atoms with Gasteiger partial charge in [-0.1, -0.05) is 18.2 Å². The SMILES string of the molecule is COc1ccc(NC(=O)c2ccccc2-c2ccco2)cc1OC. The van der Waals surface area contributed by atoms with Crippen LogP contribution in [0.4, 0.5) is 5.69 Å². The van der Waals surface area contributed by atoms with Crippen LogP contribution in [0.25, 0.3) is 11.3 Å². The molecule has 1 heterocycles. The molecule has 0 aliphatic carbocycles. The number of hydrogen-bond acceptors (Lipinski definition) is 4. The van der Waals surface area contributed by atoms with Gasteiger partial charge in [0.25, 0.3) is 5.91 Å². The zero-order chi connectivity index (χ0) is 16.9. The molecule has 122 valence electrons. The van der Waals surface area contributed by atoms with E-state index in [1.807, 2.05) is 24.3 Å². The number of nitrogens with one attached hydrogen (secondary N) is 1. The van der Waals surface area contributed by atoms with E-state index in [0.29, 0.717) is 28.5 Å². The Kier molecular flexibility index (Phi) is 4.52. The second-order valence-electron chi connectivity index (χ2n) is 5.05. The lowest BCUT2D eigenvalue weighted by atomic mass is 10.0. The molecule has 2 aromatic carbocycles. The summed E-state index contributed by atoms with van der Waals surface area (Å²) in [5.74, 6) is 1.57. The minimum Gasteiger partial charge on any atom is -0.493 e. The largest absolute Gasteiger partial charge is 0.493 e. The second kappa shape index (κ2) is 6.91. The number of methoxy groups -OCH3 is 2. The van der Waals surface area contributed by atoms with Crippen LogP contribution in [0.5, 0.6) is 11.5 Å². The van der Waals surface area contributed by atoms with Crippen molar-refractivity contribution in [1.82, 2.24) is 0 Å². The molecule has 0 radical (unpaired) electrons. The summed E-state index contributed by atoms with van der Waals surface area (Å²) < 4.78 is 15.9. The minimum absolute atomic E-state index is 0.228. The number of carbonyl (C=O) groups excluding carboxylic acids is 1. The quantitative estimate of drug-likeness (QED) is 0.764. The zero-order valence-corrected chi connectivity index (χ0v) is 13.4. The van der Waals surface area contributed by atoms with Gasteiger partial charge >= 0.3 is 0 Å². The molecule has 0 spiro atoms. The lowest BCUT2D eigenvalue weighted by Crippen LogP contribution is -2.13. The highest BCUT2D eigenvalue weighted by molar-refractivity contribution is 6.08. The van der Waals surface area contributed by atoms with Gasteiger partial charge in [0.15, 0.2) is 11.5 Å². The Morgan fingerprint density at radius 3 is 2.46 bits per heavy atom. The van der Waals surface area contributed by atoms with Crippen molar-refractivity contribution in [2.24, 2.45) is 0 Å². The number of anilines is 1. The third kappa shape index (κ3) is 3.10. The van der Waals surface area contributed by atoms with Crippen LogP contribution in [0.2, 0.25) is 0 Å². The van der Waals surface area contributed by atoms with E-state index in [-0.39, 0.29) is 5.91 Å². The Morgan fingerprint density at radius 1 is 0.958 bits per heavy atom. The fourth-order valence-electron chi connectivity index (χ4n) is 2.44. The van der Waals surface area contributed by atoms with E-state index in [9.17, 15) is 4.79 Å². The molecule has 5 nitrogen and oxygen atoms in total. The van der Waals surface area contributed by atoms with E-state index in [4.69, 9.17) is 13.9 Å². The molecule has 1 aromatic heterocycles. The molecular formula is C19H17NO4. The summed E-state index contributed by atoms with van der Waals surface area (Å²) in [6.07, 6.45) is 1.58. The standard InChI is InChI=1S/C19H17NO4/c1-22-17-10-9-13(12-18(17)23-2)20-19(21)15-7-4-3-6-14(15)16-8-5-11-24-16/h3-12H,1-2H3,(H,20,21). The molecular weight excluding hydrogens is 306 g/mol. The van der Waals surface area contributed by atoms with E-state index in [2.05, 4.69) is 5.32 Å². The summed E-state index contributed by atoms with van der Waals surface area (Å²) in [6, 6.07) is 16.1. The first kappa shape index (κ1) is 15.7. The maximum absolute atomic E-state index is 12.7. The molecule has 3 aromatic rings. The predicted molar refractivity (Wildman–Crippen MR) is 91.6 cm³/mol. The third-order valence-corrected chi connectivity index (χ3v) is 3.60. The Labute approximate surface area is 139 Å². The van der Waals surface area contributed by atoms with Gasteiger partial charge in [0, 0.05) is 17.3 Å². The Hall–Kier alpha value is -3.21. The molecule has 0 aliphatic heterocycles. The number of furan rings is 1. The summed E-state index contributed by atoms with van der Waals surface area (Å²) in [6.45, 7) is 0. The van der Waals surface area contributed by atoms with Gasteiger partial charge in [-0.25, -0.2) is 0 Å². The van der Waals surface area contributed by atoms with Gasteiger partial charge in [-0.3, -0.25) is 4.79 Å². The molecule has 5 heteroatoms. The van der Waals surface area contributed by atoms with Gasteiger partial charge in [0.05, 0.1) is 26.0 Å². The molecule has 0 saturated heterocycles. The van der Waals surface area contributed by atoms with Crippen LogP contribution in [0.3, 0.4) is 0 Å². The lowest BCUT2D eigenvalue weighted by molar-refractivity contribution is 0.102. The number of amides is 1. The highest BCUT2D eigenvalue weighted by atomic mass is 16.5. The first-order valence-electron chi connectivity index (χ1n) is 7.39. The van der Waals surface area contributed by atoms with Crippen molar-refractivity contribution >= 4 is 11.6 Å². The summed E-state index contributed by atoms with van der Waals surface area (Å²) in [5, 5.41) is 2.87. The fraction of sp³-hybridized carbons (Fsp3) is 0.105. The fourth-order valence-corrected chi connectivity index (χ4v) is 2.44. The van der Waals surface area contributed by atoms with Crippen molar-refractivity contribution in [3.05, 3.63) is 66.4 Å². The molecule has 0 fully saturated rings. The summed E-state index contributed by atoms with van der Waals surface area (Å²) in [4.78, 5) is 12.7. The normalized spacial score (nSPS) is 10.2. The summed E-state index contributed by atoms with van der Waals surface area (Å²) in [5.41, 5.74) is 1.88. The molecule has 0 saturated carbocycles. The van der Waals surface area contributed by atoms with Crippen molar-refractivity contribution in [3.8, 4) is 22.8 Å². The van der Waals surface area contributed by atoms with Crippen LogP contribution >= 0.6 is 0 Å². The predicted octanol–water partition coefficient (Wildman–Crippen LogP) is 4.22. The number of carbonyl (C=O) groups is 1. The van der Waals surface area contributed by atoms with Crippen LogP contribution in [0.15, 0.2) is 65.3 Å². The lowest BCUT2D eigenvalue weighted by Gasteiger charge is -2.12. The van der Waals surface area contributed by atoms with Crippen molar-refractivity contribution in [2.45, 2.75) is 0 Å². The molecule has 1 N–H and O–H groups in total. The van der Waals surface area contributed by atoms with Gasteiger partial charge in [-0.15, -0.1) is 0 Å². The van der Waals surface area contributed by atoms with Crippen molar-refractivity contribution in [3.63, 3.8) is 0 Å². The second-order valence-corrected chi connectivity index (χ2v) is 5.05. The Morgan fingerprint density at radius 2 is 1.75 bits per heavy atom. The molecule has 3 rings (SSSR count). The maximum Gasteiger partial charge on any atom is 0.256 e. The number of benzene rings is 2. The minimum atomic E-state index is -0.228. The smallest absolute Gasteiger partial charge is 0.256 e. The van der Waals surface area contributed by atoms with Crippen molar-refractivity contribution < 1.29 is 18.7 Å². The topological polar surface area (TPSA) is 60.7 Å². The van der Waals surface area contributed by atoms with Crippen LogP contribution < -0.4 is 14.8 Å². The van der Waals surface area contributed by atoms with E-state index in [1.165, 1.54) is 0 Å². The zero-order valence-electron chi connectivity index (χ0n) is 13.4. The van der Waals surface area contributed by atoms with Gasteiger partial charge in [0.1, 0.15) is 5.76 Å².